The molecular formula is C21H25ClN4O2. The molecule has 2 aromatic rings. The van der Waals surface area contributed by atoms with E-state index in [4.69, 9.17) is 16.3 Å². The van der Waals surface area contributed by atoms with E-state index in [0.29, 0.717) is 28.9 Å². The van der Waals surface area contributed by atoms with Crippen molar-refractivity contribution in [2.45, 2.75) is 50.5 Å². The highest BCUT2D eigenvalue weighted by molar-refractivity contribution is 6.31. The second-order valence-electron chi connectivity index (χ2n) is 8.48. The van der Waals surface area contributed by atoms with Crippen LogP contribution in [0, 0.1) is 5.41 Å². The minimum Gasteiger partial charge on any atom is -0.496 e. The first kappa shape index (κ1) is 18.0. The summed E-state index contributed by atoms with van der Waals surface area (Å²) >= 11 is 6.17. The maximum absolute atomic E-state index is 13.4. The lowest BCUT2D eigenvalue weighted by Crippen LogP contribution is -2.31. The fourth-order valence-corrected chi connectivity index (χ4v) is 5.39. The molecule has 1 unspecified atom stereocenters. The third kappa shape index (κ3) is 2.89. The maximum Gasteiger partial charge on any atom is 0.257 e. The average Bonchev–Trinajstić information content (AvgIpc) is 3.11. The topological polar surface area (TPSA) is 60.2 Å². The van der Waals surface area contributed by atoms with Crippen LogP contribution < -0.4 is 4.74 Å². The predicted octanol–water partition coefficient (Wildman–Crippen LogP) is 4.08. The molecule has 1 saturated heterocycles. The van der Waals surface area contributed by atoms with Gasteiger partial charge >= 0.3 is 0 Å². The van der Waals surface area contributed by atoms with Crippen molar-refractivity contribution < 1.29 is 9.53 Å². The Morgan fingerprint density at radius 3 is 2.79 bits per heavy atom. The molecule has 1 aromatic carbocycles. The Balaban J connectivity index is 1.48. The summed E-state index contributed by atoms with van der Waals surface area (Å²) in [5.74, 6) is 1.87. The molecule has 7 heteroatoms. The van der Waals surface area contributed by atoms with Gasteiger partial charge in [-0.1, -0.05) is 24.4 Å². The number of methoxy groups -OCH3 is 1. The lowest BCUT2D eigenvalue weighted by molar-refractivity contribution is 0.0770. The molecule has 3 fully saturated rings. The Morgan fingerprint density at radius 1 is 1.29 bits per heavy atom. The number of halogens is 1. The summed E-state index contributed by atoms with van der Waals surface area (Å²) in [7, 11) is 1.59. The highest BCUT2D eigenvalue weighted by Gasteiger charge is 2.52. The fraction of sp³-hybridized carbons (Fsp3) is 0.571. The van der Waals surface area contributed by atoms with E-state index < -0.39 is 0 Å². The number of hydrogen-bond acceptors (Lipinski definition) is 4. The summed E-state index contributed by atoms with van der Waals surface area (Å²) in [5, 5.41) is 9.29. The molecule has 1 aromatic heterocycles. The molecule has 1 aliphatic heterocycles. The Kier molecular flexibility index (Phi) is 4.34. The van der Waals surface area contributed by atoms with Gasteiger partial charge in [-0.3, -0.25) is 4.79 Å². The first-order chi connectivity index (χ1) is 13.6. The Hall–Kier alpha value is -2.08. The van der Waals surface area contributed by atoms with Gasteiger partial charge in [0, 0.05) is 30.1 Å². The Bertz CT molecular complexity index is 902. The lowest BCUT2D eigenvalue weighted by Gasteiger charge is -2.29. The van der Waals surface area contributed by atoms with Crippen LogP contribution in [0.2, 0.25) is 5.02 Å². The molecule has 5 rings (SSSR count). The van der Waals surface area contributed by atoms with Crippen molar-refractivity contribution in [1.82, 2.24) is 19.7 Å². The van der Waals surface area contributed by atoms with Crippen LogP contribution in [0.3, 0.4) is 0 Å². The molecule has 0 N–H and O–H groups in total. The van der Waals surface area contributed by atoms with Crippen LogP contribution in [0.25, 0.3) is 0 Å². The van der Waals surface area contributed by atoms with Gasteiger partial charge in [0.05, 0.1) is 12.7 Å². The highest BCUT2D eigenvalue weighted by Crippen LogP contribution is 2.54. The minimum atomic E-state index is -0.00869. The number of carbonyl (C=O) groups is 1. The third-order valence-corrected chi connectivity index (χ3v) is 7.01. The van der Waals surface area contributed by atoms with Crippen molar-refractivity contribution in [1.29, 1.82) is 0 Å². The number of nitrogens with zero attached hydrogens (tertiary/aromatic N) is 4. The van der Waals surface area contributed by atoms with E-state index in [9.17, 15) is 4.79 Å². The standard InChI is InChI=1S/C21H25ClN4O2/c1-28-18-7-4-14(22)10-16(18)20(27)25-11-17(21(12-25)8-2-3-9-21)19-24-23-13-26(19)15-5-6-15/h4,7,10,13,15,17H,2-3,5-6,8-9,11-12H2,1H3. The monoisotopic (exact) mass is 400 g/mol. The van der Waals surface area contributed by atoms with Crippen molar-refractivity contribution in [3.63, 3.8) is 0 Å². The van der Waals surface area contributed by atoms with E-state index in [-0.39, 0.29) is 17.2 Å². The zero-order valence-corrected chi connectivity index (χ0v) is 16.9. The van der Waals surface area contributed by atoms with Gasteiger partial charge in [0.1, 0.15) is 17.9 Å². The predicted molar refractivity (Wildman–Crippen MR) is 106 cm³/mol. The smallest absolute Gasteiger partial charge is 0.257 e. The summed E-state index contributed by atoms with van der Waals surface area (Å²) in [4.78, 5) is 15.4. The molecule has 1 amide bonds. The number of likely N-dealkylation sites (tertiary alicyclic amines) is 1. The van der Waals surface area contributed by atoms with E-state index in [1.165, 1.54) is 25.7 Å². The van der Waals surface area contributed by atoms with Crippen LogP contribution in [0.1, 0.15) is 66.7 Å². The van der Waals surface area contributed by atoms with E-state index in [1.54, 1.807) is 25.3 Å². The Morgan fingerprint density at radius 2 is 2.07 bits per heavy atom. The summed E-state index contributed by atoms with van der Waals surface area (Å²) in [6, 6.07) is 5.77. The van der Waals surface area contributed by atoms with Crippen LogP contribution in [0.4, 0.5) is 0 Å². The van der Waals surface area contributed by atoms with E-state index in [1.807, 2.05) is 11.2 Å². The van der Waals surface area contributed by atoms with Gasteiger partial charge in [-0.25, -0.2) is 0 Å². The van der Waals surface area contributed by atoms with Crippen LogP contribution in [0.5, 0.6) is 5.75 Å². The van der Waals surface area contributed by atoms with E-state index >= 15 is 0 Å². The van der Waals surface area contributed by atoms with Gasteiger partial charge < -0.3 is 14.2 Å². The zero-order valence-electron chi connectivity index (χ0n) is 16.1. The minimum absolute atomic E-state index is 0.00869. The fourth-order valence-electron chi connectivity index (χ4n) is 5.22. The Labute approximate surface area is 169 Å². The van der Waals surface area contributed by atoms with Gasteiger partial charge in [0.25, 0.3) is 5.91 Å². The van der Waals surface area contributed by atoms with Crippen LogP contribution in [-0.4, -0.2) is 45.8 Å². The molecule has 2 aliphatic carbocycles. The van der Waals surface area contributed by atoms with Crippen LogP contribution >= 0.6 is 11.6 Å². The van der Waals surface area contributed by atoms with Gasteiger partial charge in [-0.15, -0.1) is 10.2 Å². The first-order valence-corrected chi connectivity index (χ1v) is 10.5. The third-order valence-electron chi connectivity index (χ3n) is 6.78. The van der Waals surface area contributed by atoms with E-state index in [0.717, 1.165) is 25.2 Å². The van der Waals surface area contributed by atoms with Crippen LogP contribution in [-0.2, 0) is 0 Å². The van der Waals surface area contributed by atoms with Crippen molar-refractivity contribution >= 4 is 17.5 Å². The number of hydrogen-bond donors (Lipinski definition) is 0. The molecular weight excluding hydrogens is 376 g/mol. The molecule has 28 heavy (non-hydrogen) atoms. The molecule has 1 atom stereocenters. The highest BCUT2D eigenvalue weighted by atomic mass is 35.5. The molecule has 2 saturated carbocycles. The average molecular weight is 401 g/mol. The van der Waals surface area contributed by atoms with Crippen molar-refractivity contribution in [3.8, 4) is 5.75 Å². The number of rotatable bonds is 4. The molecule has 3 aliphatic rings. The molecule has 1 spiro atoms. The number of amides is 1. The normalized spacial score (nSPS) is 23.5. The summed E-state index contributed by atoms with van der Waals surface area (Å²) in [6.07, 6.45) is 9.00. The quantitative estimate of drug-likeness (QED) is 0.776. The second kappa shape index (κ2) is 6.76. The molecule has 2 heterocycles. The van der Waals surface area contributed by atoms with Gasteiger partial charge in [-0.05, 0) is 49.3 Å². The second-order valence-corrected chi connectivity index (χ2v) is 8.92. The number of aromatic nitrogens is 3. The van der Waals surface area contributed by atoms with Crippen molar-refractivity contribution in [2.75, 3.05) is 20.2 Å². The van der Waals surface area contributed by atoms with Gasteiger partial charge in [0.2, 0.25) is 0 Å². The summed E-state index contributed by atoms with van der Waals surface area (Å²) in [6.45, 7) is 1.45. The summed E-state index contributed by atoms with van der Waals surface area (Å²) < 4.78 is 7.69. The SMILES string of the molecule is COc1ccc(Cl)cc1C(=O)N1CC(c2nncn2C2CC2)C2(CCCC2)C1. The van der Waals surface area contributed by atoms with Crippen molar-refractivity contribution in [3.05, 3.63) is 40.9 Å². The molecule has 0 bridgehead atoms. The van der Waals surface area contributed by atoms with E-state index in [2.05, 4.69) is 14.8 Å². The largest absolute Gasteiger partial charge is 0.496 e. The number of benzene rings is 1. The molecule has 0 radical (unpaired) electrons. The lowest BCUT2D eigenvalue weighted by atomic mass is 9.76. The molecule has 6 nitrogen and oxygen atoms in total. The van der Waals surface area contributed by atoms with Gasteiger partial charge in [0.15, 0.2) is 0 Å². The number of ether oxygens (including phenoxy) is 1. The summed E-state index contributed by atoms with van der Waals surface area (Å²) in [5.41, 5.74) is 0.647. The number of carbonyl (C=O) groups excluding carboxylic acids is 1. The first-order valence-electron chi connectivity index (χ1n) is 10.1. The maximum atomic E-state index is 13.4. The van der Waals surface area contributed by atoms with Crippen LogP contribution in [0.15, 0.2) is 24.5 Å². The zero-order chi connectivity index (χ0) is 19.3. The van der Waals surface area contributed by atoms with Gasteiger partial charge in [-0.2, -0.15) is 0 Å². The van der Waals surface area contributed by atoms with Crippen molar-refractivity contribution in [2.24, 2.45) is 5.41 Å². The molecule has 148 valence electrons.